The highest BCUT2D eigenvalue weighted by molar-refractivity contribution is 7.90. The normalized spacial score (nSPS) is 12.8. The lowest BCUT2D eigenvalue weighted by Gasteiger charge is -2.20. The van der Waals surface area contributed by atoms with Gasteiger partial charge in [-0.05, 0) is 42.3 Å². The van der Waals surface area contributed by atoms with Gasteiger partial charge in [0.05, 0.1) is 27.0 Å². The summed E-state index contributed by atoms with van der Waals surface area (Å²) in [5.74, 6) is -0.258. The highest BCUT2D eigenvalue weighted by atomic mass is 32.2. The van der Waals surface area contributed by atoms with Crippen molar-refractivity contribution in [3.63, 3.8) is 0 Å². The minimum absolute atomic E-state index is 0.00418. The Morgan fingerprint density at radius 2 is 1.67 bits per heavy atom. The molecule has 0 saturated carbocycles. The van der Waals surface area contributed by atoms with E-state index in [9.17, 15) is 18.0 Å². The zero-order chi connectivity index (χ0) is 30.6. The third-order valence-corrected chi connectivity index (χ3v) is 7.71. The number of nitrogens with two attached hydrogens (primary N) is 2. The standard InChI is InChI=1S/C28H31N3O10S/c1-5-6-15-9-16(28(33)31-42(34,35)24-13-20(36-2)18(29)12-21(24)37-3)7-8-19(15)41-25(27(30)32)17-10-22(38-4)26-23(11-17)39-14-40-26/h7-13,25H,5-6,14,29H2,1-4H3,(H2,30,32)(H,31,33). The van der Waals surface area contributed by atoms with E-state index in [2.05, 4.69) is 0 Å². The summed E-state index contributed by atoms with van der Waals surface area (Å²) in [4.78, 5) is 25.3. The number of rotatable bonds is 12. The molecule has 14 heteroatoms. The number of nitrogen functional groups attached to an aromatic ring is 1. The Hall–Kier alpha value is -4.85. The summed E-state index contributed by atoms with van der Waals surface area (Å²) < 4.78 is 60.9. The molecule has 0 saturated heterocycles. The molecule has 3 aromatic rings. The van der Waals surface area contributed by atoms with E-state index in [1.807, 2.05) is 11.6 Å². The molecule has 3 aromatic carbocycles. The van der Waals surface area contributed by atoms with Crippen LogP contribution >= 0.6 is 0 Å². The second kappa shape index (κ2) is 12.3. The number of nitrogens with one attached hydrogen (secondary N) is 1. The van der Waals surface area contributed by atoms with Gasteiger partial charge in [0.15, 0.2) is 11.5 Å². The van der Waals surface area contributed by atoms with Gasteiger partial charge >= 0.3 is 0 Å². The molecule has 42 heavy (non-hydrogen) atoms. The van der Waals surface area contributed by atoms with E-state index >= 15 is 0 Å². The van der Waals surface area contributed by atoms with Gasteiger partial charge in [0.1, 0.15) is 22.1 Å². The van der Waals surface area contributed by atoms with Gasteiger partial charge in [-0.15, -0.1) is 0 Å². The van der Waals surface area contributed by atoms with Crippen molar-refractivity contribution in [2.24, 2.45) is 5.73 Å². The highest BCUT2D eigenvalue weighted by Crippen LogP contribution is 2.44. The molecule has 0 aliphatic carbocycles. The average Bonchev–Trinajstić information content (AvgIpc) is 3.44. The summed E-state index contributed by atoms with van der Waals surface area (Å²) in [5.41, 5.74) is 12.7. The number of methoxy groups -OCH3 is 3. The van der Waals surface area contributed by atoms with E-state index in [0.717, 1.165) is 0 Å². The first-order chi connectivity index (χ1) is 20.0. The fourth-order valence-electron chi connectivity index (χ4n) is 4.36. The minimum Gasteiger partial charge on any atom is -0.495 e. The van der Waals surface area contributed by atoms with Crippen molar-refractivity contribution in [3.05, 3.63) is 59.2 Å². The fraction of sp³-hybridized carbons (Fsp3) is 0.286. The number of hydrogen-bond acceptors (Lipinski definition) is 11. The number of carbonyl (C=O) groups excluding carboxylic acids is 2. The summed E-state index contributed by atoms with van der Waals surface area (Å²) >= 11 is 0. The van der Waals surface area contributed by atoms with Crippen LogP contribution in [0.5, 0.6) is 34.5 Å². The summed E-state index contributed by atoms with van der Waals surface area (Å²) in [6.07, 6.45) is -0.138. The molecule has 0 spiro atoms. The lowest BCUT2D eigenvalue weighted by atomic mass is 10.0. The molecule has 1 heterocycles. The van der Waals surface area contributed by atoms with Crippen LogP contribution in [0.1, 0.15) is 40.9 Å². The summed E-state index contributed by atoms with van der Waals surface area (Å²) in [6, 6.07) is 9.93. The SMILES string of the molecule is CCCc1cc(C(=O)NS(=O)(=O)c2cc(OC)c(N)cc2OC)ccc1OC(C(N)=O)c1cc(OC)c2c(c1)OCO2. The van der Waals surface area contributed by atoms with Crippen LogP contribution in [0.3, 0.4) is 0 Å². The van der Waals surface area contributed by atoms with Crippen LogP contribution in [0.25, 0.3) is 0 Å². The van der Waals surface area contributed by atoms with E-state index in [4.69, 9.17) is 39.9 Å². The summed E-state index contributed by atoms with van der Waals surface area (Å²) in [7, 11) is -0.345. The van der Waals surface area contributed by atoms with E-state index < -0.39 is 27.9 Å². The van der Waals surface area contributed by atoms with Crippen LogP contribution in [0.15, 0.2) is 47.4 Å². The smallest absolute Gasteiger partial charge is 0.268 e. The number of ether oxygens (including phenoxy) is 6. The van der Waals surface area contributed by atoms with Crippen LogP contribution < -0.4 is 44.6 Å². The van der Waals surface area contributed by atoms with E-state index in [0.29, 0.717) is 41.2 Å². The average molecular weight is 602 g/mol. The maximum atomic E-state index is 13.1. The molecule has 1 unspecified atom stereocenters. The molecule has 1 aliphatic heterocycles. The number of primary amides is 1. The van der Waals surface area contributed by atoms with Crippen LogP contribution in [-0.4, -0.2) is 48.4 Å². The van der Waals surface area contributed by atoms with Gasteiger partial charge in [0, 0.05) is 23.3 Å². The van der Waals surface area contributed by atoms with Crippen molar-refractivity contribution < 1.29 is 46.4 Å². The number of hydrogen-bond donors (Lipinski definition) is 3. The number of anilines is 1. The molecule has 0 aromatic heterocycles. The Morgan fingerprint density at radius 1 is 0.952 bits per heavy atom. The first-order valence-electron chi connectivity index (χ1n) is 12.7. The van der Waals surface area contributed by atoms with E-state index in [-0.39, 0.29) is 40.2 Å². The monoisotopic (exact) mass is 601 g/mol. The Bertz CT molecular complexity index is 1620. The van der Waals surface area contributed by atoms with Gasteiger partial charge in [-0.1, -0.05) is 13.3 Å². The quantitative estimate of drug-likeness (QED) is 0.259. The van der Waals surface area contributed by atoms with Crippen molar-refractivity contribution in [2.45, 2.75) is 30.8 Å². The maximum absolute atomic E-state index is 13.1. The first-order valence-corrected chi connectivity index (χ1v) is 14.2. The molecule has 1 atom stereocenters. The lowest BCUT2D eigenvalue weighted by molar-refractivity contribution is -0.125. The summed E-state index contributed by atoms with van der Waals surface area (Å²) in [5, 5.41) is 0. The van der Waals surface area contributed by atoms with Crippen molar-refractivity contribution in [2.75, 3.05) is 33.9 Å². The van der Waals surface area contributed by atoms with Gasteiger partial charge in [-0.2, -0.15) is 0 Å². The predicted octanol–water partition coefficient (Wildman–Crippen LogP) is 2.70. The third-order valence-electron chi connectivity index (χ3n) is 6.36. The molecule has 13 nitrogen and oxygen atoms in total. The molecule has 5 N–H and O–H groups in total. The van der Waals surface area contributed by atoms with Gasteiger partial charge in [0.2, 0.25) is 18.6 Å². The van der Waals surface area contributed by atoms with Crippen LogP contribution in [0.2, 0.25) is 0 Å². The molecule has 1 aliphatic rings. The van der Waals surface area contributed by atoms with Crippen LogP contribution in [0, 0.1) is 0 Å². The summed E-state index contributed by atoms with van der Waals surface area (Å²) in [6.45, 7) is 1.91. The van der Waals surface area contributed by atoms with Crippen molar-refractivity contribution in [1.82, 2.24) is 4.72 Å². The van der Waals surface area contributed by atoms with Gasteiger partial charge in [0.25, 0.3) is 21.8 Å². The zero-order valence-corrected chi connectivity index (χ0v) is 24.2. The minimum atomic E-state index is -4.40. The molecular weight excluding hydrogens is 570 g/mol. The van der Waals surface area contributed by atoms with E-state index in [1.54, 1.807) is 12.1 Å². The molecule has 224 valence electrons. The Balaban J connectivity index is 1.64. The third kappa shape index (κ3) is 6.07. The van der Waals surface area contributed by atoms with Gasteiger partial charge in [-0.25, -0.2) is 13.1 Å². The molecular formula is C28H31N3O10S. The molecule has 2 amide bonds. The Morgan fingerprint density at radius 3 is 2.31 bits per heavy atom. The van der Waals surface area contributed by atoms with Crippen molar-refractivity contribution >= 4 is 27.5 Å². The largest absolute Gasteiger partial charge is 0.495 e. The lowest BCUT2D eigenvalue weighted by Crippen LogP contribution is -2.31. The second-order valence-electron chi connectivity index (χ2n) is 9.11. The molecule has 0 bridgehead atoms. The van der Waals surface area contributed by atoms with Gasteiger partial charge in [-0.3, -0.25) is 9.59 Å². The number of aryl methyl sites for hydroxylation is 1. The maximum Gasteiger partial charge on any atom is 0.268 e. The molecule has 0 fully saturated rings. The number of amides is 2. The Labute approximate surface area is 242 Å². The zero-order valence-electron chi connectivity index (χ0n) is 23.4. The van der Waals surface area contributed by atoms with Crippen LogP contribution in [-0.2, 0) is 21.2 Å². The predicted molar refractivity (Wildman–Crippen MR) is 151 cm³/mol. The first kappa shape index (κ1) is 30.1. The number of sulfonamides is 1. The number of fused-ring (bicyclic) bond motifs is 1. The molecule has 0 radical (unpaired) electrons. The Kier molecular flexibility index (Phi) is 8.85. The van der Waals surface area contributed by atoms with Crippen LogP contribution in [0.4, 0.5) is 5.69 Å². The molecule has 4 rings (SSSR count). The highest BCUT2D eigenvalue weighted by Gasteiger charge is 2.29. The van der Waals surface area contributed by atoms with Crippen molar-refractivity contribution in [3.8, 4) is 34.5 Å². The van der Waals surface area contributed by atoms with E-state index in [1.165, 1.54) is 51.7 Å². The topological polar surface area (TPSA) is 188 Å². The fourth-order valence-corrected chi connectivity index (χ4v) is 5.50. The van der Waals surface area contributed by atoms with Gasteiger partial charge < -0.3 is 39.9 Å². The van der Waals surface area contributed by atoms with Crippen molar-refractivity contribution in [1.29, 1.82) is 0 Å². The second-order valence-corrected chi connectivity index (χ2v) is 10.8. The number of benzene rings is 3. The number of carbonyl (C=O) groups is 2.